The van der Waals surface area contributed by atoms with E-state index in [4.69, 9.17) is 0 Å². The summed E-state index contributed by atoms with van der Waals surface area (Å²) >= 11 is 2.33. The normalized spacial score (nSPS) is 10.8. The molecule has 0 spiro atoms. The van der Waals surface area contributed by atoms with Crippen LogP contribution in [0.5, 0.6) is 0 Å². The van der Waals surface area contributed by atoms with Gasteiger partial charge in [-0.2, -0.15) is 0 Å². The molecule has 0 fully saturated rings. The highest BCUT2D eigenvalue weighted by atomic mass is 127. The van der Waals surface area contributed by atoms with E-state index in [0.717, 1.165) is 6.54 Å². The van der Waals surface area contributed by atoms with E-state index >= 15 is 0 Å². The highest BCUT2D eigenvalue weighted by molar-refractivity contribution is 14.1. The van der Waals surface area contributed by atoms with Crippen molar-refractivity contribution in [3.63, 3.8) is 0 Å². The third kappa shape index (κ3) is 2.61. The second kappa shape index (κ2) is 5.25. The van der Waals surface area contributed by atoms with Crippen molar-refractivity contribution < 1.29 is 0 Å². The monoisotopic (exact) mass is 362 g/mol. The molecule has 0 saturated heterocycles. The molecule has 1 heterocycles. The van der Waals surface area contributed by atoms with Crippen LogP contribution in [0.15, 0.2) is 54.7 Å². The Hall–Kier alpha value is -1.49. The fourth-order valence-corrected chi connectivity index (χ4v) is 2.91. The Bertz CT molecular complexity index is 716. The first kappa shape index (κ1) is 12.5. The Labute approximate surface area is 126 Å². The molecule has 0 saturated carbocycles. The molecule has 0 radical (unpaired) electrons. The molecule has 0 atom stereocenters. The van der Waals surface area contributed by atoms with Crippen molar-refractivity contribution in [1.29, 1.82) is 0 Å². The summed E-state index contributed by atoms with van der Waals surface area (Å²) in [4.78, 5) is 0. The third-order valence-corrected chi connectivity index (χ3v) is 3.96. The fraction of sp³-hybridized carbons (Fsp3) is 0.125. The lowest BCUT2D eigenvalue weighted by Crippen LogP contribution is -1.98. The molecular weight excluding hydrogens is 347 g/mol. The first-order valence-electron chi connectivity index (χ1n) is 6.26. The Balaban J connectivity index is 1.86. The second-order valence-electron chi connectivity index (χ2n) is 4.65. The predicted molar refractivity (Wildman–Crippen MR) is 89.4 cm³/mol. The molecule has 1 N–H and O–H groups in total. The molecule has 19 heavy (non-hydrogen) atoms. The van der Waals surface area contributed by atoms with Gasteiger partial charge >= 0.3 is 0 Å². The lowest BCUT2D eigenvalue weighted by molar-refractivity contribution is 0.956. The third-order valence-electron chi connectivity index (χ3n) is 3.29. The minimum atomic E-state index is 0.849. The first-order chi connectivity index (χ1) is 9.24. The summed E-state index contributed by atoms with van der Waals surface area (Å²) in [6, 6.07) is 17.0. The van der Waals surface area contributed by atoms with Crippen molar-refractivity contribution in [3.8, 4) is 0 Å². The fourth-order valence-electron chi connectivity index (χ4n) is 2.36. The lowest BCUT2D eigenvalue weighted by atomic mass is 10.2. The maximum absolute atomic E-state index is 3.49. The van der Waals surface area contributed by atoms with Gasteiger partial charge in [-0.05, 0) is 52.4 Å². The minimum Gasteiger partial charge on any atom is -0.381 e. The molecule has 0 aliphatic rings. The average Bonchev–Trinajstić information content (AvgIpc) is 2.74. The minimum absolute atomic E-state index is 0.849. The van der Waals surface area contributed by atoms with E-state index in [1.54, 1.807) is 0 Å². The van der Waals surface area contributed by atoms with Gasteiger partial charge in [0.2, 0.25) is 0 Å². The Morgan fingerprint density at radius 3 is 2.79 bits per heavy atom. The van der Waals surface area contributed by atoms with E-state index in [1.165, 1.54) is 25.7 Å². The molecule has 0 aliphatic carbocycles. The van der Waals surface area contributed by atoms with Crippen LogP contribution in [0.4, 0.5) is 5.69 Å². The molecule has 1 aromatic heterocycles. The number of nitrogens with one attached hydrogen (secondary N) is 1. The van der Waals surface area contributed by atoms with Gasteiger partial charge in [-0.3, -0.25) is 0 Å². The SMILES string of the molecule is Cn1cc(CNc2cccc(I)c2)c2ccccc21. The molecular formula is C16H15IN2. The number of nitrogens with zero attached hydrogens (tertiary/aromatic N) is 1. The standard InChI is InChI=1S/C16H15IN2/c1-19-11-12(15-7-2-3-8-16(15)19)10-18-14-6-4-5-13(17)9-14/h2-9,11,18H,10H2,1H3. The molecule has 3 aromatic rings. The smallest absolute Gasteiger partial charge is 0.0481 e. The zero-order valence-electron chi connectivity index (χ0n) is 10.7. The molecule has 2 nitrogen and oxygen atoms in total. The van der Waals surface area contributed by atoms with Crippen molar-refractivity contribution in [2.24, 2.45) is 7.05 Å². The molecule has 3 heteroatoms. The van der Waals surface area contributed by atoms with Crippen LogP contribution in [0, 0.1) is 3.57 Å². The maximum Gasteiger partial charge on any atom is 0.0481 e. The number of hydrogen-bond acceptors (Lipinski definition) is 1. The van der Waals surface area contributed by atoms with Crippen molar-refractivity contribution in [1.82, 2.24) is 4.57 Å². The van der Waals surface area contributed by atoms with Crippen LogP contribution in [0.25, 0.3) is 10.9 Å². The Morgan fingerprint density at radius 2 is 1.95 bits per heavy atom. The largest absolute Gasteiger partial charge is 0.381 e. The number of anilines is 1. The van der Waals surface area contributed by atoms with Gasteiger partial charge in [0.05, 0.1) is 0 Å². The summed E-state index contributed by atoms with van der Waals surface area (Å²) in [5.74, 6) is 0. The summed E-state index contributed by atoms with van der Waals surface area (Å²) in [6.45, 7) is 0.849. The molecule has 0 aliphatic heterocycles. The van der Waals surface area contributed by atoms with E-state index in [9.17, 15) is 0 Å². The number of aromatic nitrogens is 1. The van der Waals surface area contributed by atoms with Crippen LogP contribution in [-0.4, -0.2) is 4.57 Å². The number of halogens is 1. The van der Waals surface area contributed by atoms with E-state index < -0.39 is 0 Å². The van der Waals surface area contributed by atoms with Gasteiger partial charge in [0.15, 0.2) is 0 Å². The molecule has 0 unspecified atom stereocenters. The van der Waals surface area contributed by atoms with Crippen molar-refractivity contribution >= 4 is 39.2 Å². The quantitative estimate of drug-likeness (QED) is 0.684. The van der Waals surface area contributed by atoms with Gasteiger partial charge in [-0.25, -0.2) is 0 Å². The Kier molecular flexibility index (Phi) is 3.46. The van der Waals surface area contributed by atoms with Crippen LogP contribution in [0.1, 0.15) is 5.56 Å². The van der Waals surface area contributed by atoms with Gasteiger partial charge in [-0.15, -0.1) is 0 Å². The number of hydrogen-bond donors (Lipinski definition) is 1. The van der Waals surface area contributed by atoms with Crippen LogP contribution in [0.3, 0.4) is 0 Å². The number of para-hydroxylation sites is 1. The number of benzene rings is 2. The van der Waals surface area contributed by atoms with Crippen LogP contribution in [-0.2, 0) is 13.6 Å². The molecule has 3 rings (SSSR count). The summed E-state index contributed by atoms with van der Waals surface area (Å²) < 4.78 is 3.43. The van der Waals surface area contributed by atoms with Gasteiger partial charge in [-0.1, -0.05) is 24.3 Å². The second-order valence-corrected chi connectivity index (χ2v) is 5.89. The van der Waals surface area contributed by atoms with Gasteiger partial charge in [0, 0.05) is 39.9 Å². The summed E-state index contributed by atoms with van der Waals surface area (Å²) in [6.07, 6.45) is 2.20. The maximum atomic E-state index is 3.49. The zero-order chi connectivity index (χ0) is 13.2. The van der Waals surface area contributed by atoms with Crippen LogP contribution >= 0.6 is 22.6 Å². The van der Waals surface area contributed by atoms with Crippen molar-refractivity contribution in [2.75, 3.05) is 5.32 Å². The van der Waals surface area contributed by atoms with Crippen molar-refractivity contribution in [2.45, 2.75) is 6.54 Å². The number of rotatable bonds is 3. The average molecular weight is 362 g/mol. The predicted octanol–water partition coefficient (Wildman–Crippen LogP) is 4.40. The van der Waals surface area contributed by atoms with E-state index in [-0.39, 0.29) is 0 Å². The number of aryl methyl sites for hydroxylation is 1. The van der Waals surface area contributed by atoms with Gasteiger partial charge in [0.1, 0.15) is 0 Å². The first-order valence-corrected chi connectivity index (χ1v) is 7.34. The van der Waals surface area contributed by atoms with Crippen LogP contribution in [0.2, 0.25) is 0 Å². The summed E-state index contributed by atoms with van der Waals surface area (Å²) in [5, 5.41) is 4.81. The van der Waals surface area contributed by atoms with E-state index in [1.807, 2.05) is 0 Å². The topological polar surface area (TPSA) is 17.0 Å². The van der Waals surface area contributed by atoms with Crippen LogP contribution < -0.4 is 5.32 Å². The number of fused-ring (bicyclic) bond motifs is 1. The molecule has 2 aromatic carbocycles. The molecule has 0 amide bonds. The van der Waals surface area contributed by atoms with Crippen molar-refractivity contribution in [3.05, 3.63) is 63.9 Å². The highest BCUT2D eigenvalue weighted by Crippen LogP contribution is 2.21. The summed E-state index contributed by atoms with van der Waals surface area (Å²) in [7, 11) is 2.09. The highest BCUT2D eigenvalue weighted by Gasteiger charge is 2.05. The summed E-state index contributed by atoms with van der Waals surface area (Å²) in [5.41, 5.74) is 3.78. The van der Waals surface area contributed by atoms with Gasteiger partial charge < -0.3 is 9.88 Å². The lowest BCUT2D eigenvalue weighted by Gasteiger charge is -2.05. The Morgan fingerprint density at radius 1 is 1.11 bits per heavy atom. The molecule has 0 bridgehead atoms. The van der Waals surface area contributed by atoms with Gasteiger partial charge in [0.25, 0.3) is 0 Å². The molecule has 96 valence electrons. The van der Waals surface area contributed by atoms with E-state index in [2.05, 4.69) is 94.3 Å². The zero-order valence-corrected chi connectivity index (χ0v) is 12.9. The van der Waals surface area contributed by atoms with E-state index in [0.29, 0.717) is 0 Å².